The number of hydrogen-bond donors (Lipinski definition) is 2. The molecule has 2 aromatic rings. The van der Waals surface area contributed by atoms with Gasteiger partial charge in [0.25, 0.3) is 0 Å². The summed E-state index contributed by atoms with van der Waals surface area (Å²) in [7, 11) is 1.87. The van der Waals surface area contributed by atoms with Gasteiger partial charge in [0.05, 0.1) is 30.6 Å². The highest BCUT2D eigenvalue weighted by molar-refractivity contribution is 5.75. The van der Waals surface area contributed by atoms with Gasteiger partial charge in [-0.05, 0) is 19.2 Å². The molecule has 0 saturated carbocycles. The molecule has 1 aromatic heterocycles. The normalized spacial score (nSPS) is 11.3. The molecule has 0 bridgehead atoms. The molecule has 1 aromatic carbocycles. The smallest absolute Gasteiger partial charge is 0.304 e. The molecule has 6 heteroatoms. The van der Waals surface area contributed by atoms with Crippen LogP contribution >= 0.6 is 0 Å². The number of carboxylic acids is 1. The van der Waals surface area contributed by atoms with E-state index in [0.717, 1.165) is 16.9 Å². The fraction of sp³-hybridized carbons (Fsp3) is 0.429. The third kappa shape index (κ3) is 3.34. The van der Waals surface area contributed by atoms with Crippen LogP contribution in [0, 0.1) is 0 Å². The third-order valence-electron chi connectivity index (χ3n) is 3.18. The maximum absolute atomic E-state index is 10.6. The predicted molar refractivity (Wildman–Crippen MR) is 75.4 cm³/mol. The summed E-state index contributed by atoms with van der Waals surface area (Å²) in [5.74, 6) is 0.0360. The average molecular weight is 277 g/mol. The zero-order valence-corrected chi connectivity index (χ0v) is 11.5. The lowest BCUT2D eigenvalue weighted by molar-refractivity contribution is -0.137. The van der Waals surface area contributed by atoms with Gasteiger partial charge in [0.2, 0.25) is 0 Å². The summed E-state index contributed by atoms with van der Waals surface area (Å²) in [5, 5.41) is 17.9. The molecule has 0 saturated heterocycles. The second-order valence-corrected chi connectivity index (χ2v) is 4.77. The summed E-state index contributed by atoms with van der Waals surface area (Å²) in [6, 6.07) is 7.77. The van der Waals surface area contributed by atoms with E-state index in [1.165, 1.54) is 0 Å². The molecule has 2 rings (SSSR count). The topological polar surface area (TPSA) is 78.6 Å². The molecule has 0 aliphatic rings. The van der Waals surface area contributed by atoms with E-state index in [1.54, 1.807) is 0 Å². The number of carboxylic acid groups (broad SMARTS) is 1. The highest BCUT2D eigenvalue weighted by atomic mass is 16.4. The Balaban J connectivity index is 2.19. The van der Waals surface area contributed by atoms with Crippen LogP contribution in [0.15, 0.2) is 24.3 Å². The van der Waals surface area contributed by atoms with Crippen LogP contribution in [0.25, 0.3) is 11.0 Å². The van der Waals surface area contributed by atoms with Crippen LogP contribution < -0.4 is 0 Å². The molecular formula is C14H19N3O3. The van der Waals surface area contributed by atoms with Crippen LogP contribution in [0.5, 0.6) is 0 Å². The van der Waals surface area contributed by atoms with Crippen LogP contribution in [-0.2, 0) is 17.9 Å². The van der Waals surface area contributed by atoms with E-state index in [4.69, 9.17) is 5.11 Å². The molecule has 0 aliphatic heterocycles. The third-order valence-corrected chi connectivity index (χ3v) is 3.18. The fourth-order valence-corrected chi connectivity index (χ4v) is 2.20. The minimum Gasteiger partial charge on any atom is -0.481 e. The minimum atomic E-state index is -0.805. The quantitative estimate of drug-likeness (QED) is 0.787. The molecule has 1 heterocycles. The number of aromatic nitrogens is 2. The van der Waals surface area contributed by atoms with Gasteiger partial charge >= 0.3 is 5.97 Å². The summed E-state index contributed by atoms with van der Waals surface area (Å²) in [5.41, 5.74) is 1.88. The van der Waals surface area contributed by atoms with Crippen LogP contribution in [0.3, 0.4) is 0 Å². The van der Waals surface area contributed by atoms with Crippen molar-refractivity contribution in [1.29, 1.82) is 0 Å². The first kappa shape index (κ1) is 14.5. The van der Waals surface area contributed by atoms with E-state index in [2.05, 4.69) is 4.98 Å². The van der Waals surface area contributed by atoms with E-state index >= 15 is 0 Å². The zero-order chi connectivity index (χ0) is 14.5. The van der Waals surface area contributed by atoms with Gasteiger partial charge in [-0.15, -0.1) is 0 Å². The second-order valence-electron chi connectivity index (χ2n) is 4.77. The molecule has 0 amide bonds. The van der Waals surface area contributed by atoms with Crippen LogP contribution in [0.2, 0.25) is 0 Å². The monoisotopic (exact) mass is 277 g/mol. The van der Waals surface area contributed by atoms with Crippen LogP contribution in [-0.4, -0.2) is 50.8 Å². The number of benzene rings is 1. The Morgan fingerprint density at radius 2 is 2.15 bits per heavy atom. The van der Waals surface area contributed by atoms with Gasteiger partial charge in [0, 0.05) is 13.1 Å². The lowest BCUT2D eigenvalue weighted by atomic mass is 10.3. The maximum atomic E-state index is 10.6. The Kier molecular flexibility index (Phi) is 4.70. The molecule has 0 radical (unpaired) electrons. The minimum absolute atomic E-state index is 0.0478. The van der Waals surface area contributed by atoms with Crippen molar-refractivity contribution >= 4 is 17.0 Å². The largest absolute Gasteiger partial charge is 0.481 e. The highest BCUT2D eigenvalue weighted by Crippen LogP contribution is 2.16. The van der Waals surface area contributed by atoms with Crippen molar-refractivity contribution in [2.45, 2.75) is 19.5 Å². The molecule has 0 spiro atoms. The van der Waals surface area contributed by atoms with Gasteiger partial charge in [0.1, 0.15) is 5.82 Å². The van der Waals surface area contributed by atoms with E-state index in [9.17, 15) is 9.90 Å². The maximum Gasteiger partial charge on any atom is 0.304 e. The van der Waals surface area contributed by atoms with Crippen LogP contribution in [0.4, 0.5) is 0 Å². The highest BCUT2D eigenvalue weighted by Gasteiger charge is 2.12. The van der Waals surface area contributed by atoms with Gasteiger partial charge in [-0.25, -0.2) is 4.98 Å². The van der Waals surface area contributed by atoms with E-state index in [0.29, 0.717) is 19.6 Å². The van der Waals surface area contributed by atoms with Gasteiger partial charge in [0.15, 0.2) is 0 Å². The number of aliphatic carboxylic acids is 1. The number of carbonyl (C=O) groups is 1. The first-order valence-corrected chi connectivity index (χ1v) is 6.57. The first-order chi connectivity index (χ1) is 9.61. The van der Waals surface area contributed by atoms with E-state index in [1.807, 2.05) is 40.8 Å². The van der Waals surface area contributed by atoms with Crippen molar-refractivity contribution < 1.29 is 15.0 Å². The van der Waals surface area contributed by atoms with E-state index < -0.39 is 5.97 Å². The summed E-state index contributed by atoms with van der Waals surface area (Å²) >= 11 is 0. The number of rotatable bonds is 7. The summed E-state index contributed by atoms with van der Waals surface area (Å²) < 4.78 is 1.98. The number of para-hydroxylation sites is 2. The van der Waals surface area contributed by atoms with Crippen LogP contribution in [0.1, 0.15) is 12.2 Å². The lowest BCUT2D eigenvalue weighted by Crippen LogP contribution is -2.23. The molecule has 0 atom stereocenters. The SMILES string of the molecule is CN(CCC(=O)O)Cc1nc2ccccc2n1CCO. The number of fused-ring (bicyclic) bond motifs is 1. The van der Waals surface area contributed by atoms with Crippen molar-refractivity contribution in [3.05, 3.63) is 30.1 Å². The summed E-state index contributed by atoms with van der Waals surface area (Å²) in [6.07, 6.45) is 0.108. The number of hydrogen-bond acceptors (Lipinski definition) is 4. The number of aliphatic hydroxyl groups excluding tert-OH is 1. The second kappa shape index (κ2) is 6.49. The van der Waals surface area contributed by atoms with Gasteiger partial charge in [-0.3, -0.25) is 9.69 Å². The summed E-state index contributed by atoms with van der Waals surface area (Å²) in [6.45, 7) is 1.56. The van der Waals surface area contributed by atoms with Gasteiger partial charge in [-0.2, -0.15) is 0 Å². The van der Waals surface area contributed by atoms with Gasteiger partial charge in [-0.1, -0.05) is 12.1 Å². The standard InChI is InChI=1S/C14H19N3O3/c1-16(7-6-14(19)20)10-13-15-11-4-2-3-5-12(11)17(13)8-9-18/h2-5,18H,6-10H2,1H3,(H,19,20). The average Bonchev–Trinajstić information content (AvgIpc) is 2.75. The Morgan fingerprint density at radius 3 is 2.85 bits per heavy atom. The van der Waals surface area contributed by atoms with Crippen molar-refractivity contribution in [2.24, 2.45) is 0 Å². The Labute approximate surface area is 117 Å². The molecule has 0 aliphatic carbocycles. The lowest BCUT2D eigenvalue weighted by Gasteiger charge is -2.16. The van der Waals surface area contributed by atoms with Gasteiger partial charge < -0.3 is 14.8 Å². The Morgan fingerprint density at radius 1 is 1.40 bits per heavy atom. The predicted octanol–water partition coefficient (Wildman–Crippen LogP) is 0.935. The summed E-state index contributed by atoms with van der Waals surface area (Å²) in [4.78, 5) is 17.1. The molecule has 2 N–H and O–H groups in total. The molecule has 0 unspecified atom stereocenters. The van der Waals surface area contributed by atoms with Crippen molar-refractivity contribution in [2.75, 3.05) is 20.2 Å². The first-order valence-electron chi connectivity index (χ1n) is 6.57. The number of aliphatic hydroxyl groups is 1. The van der Waals surface area contributed by atoms with Crippen molar-refractivity contribution in [1.82, 2.24) is 14.5 Å². The van der Waals surface area contributed by atoms with E-state index in [-0.39, 0.29) is 13.0 Å². The molecule has 108 valence electrons. The Bertz CT molecular complexity index is 594. The molecule has 0 fully saturated rings. The molecule has 20 heavy (non-hydrogen) atoms. The molecule has 6 nitrogen and oxygen atoms in total. The van der Waals surface area contributed by atoms with Crippen molar-refractivity contribution in [3.8, 4) is 0 Å². The number of imidazole rings is 1. The Hall–Kier alpha value is -1.92. The fourth-order valence-electron chi connectivity index (χ4n) is 2.20. The molecular weight excluding hydrogens is 258 g/mol. The zero-order valence-electron chi connectivity index (χ0n) is 11.5. The number of nitrogens with zero attached hydrogens (tertiary/aromatic N) is 3. The van der Waals surface area contributed by atoms with Crippen molar-refractivity contribution in [3.63, 3.8) is 0 Å².